The van der Waals surface area contributed by atoms with Crippen molar-refractivity contribution in [2.24, 2.45) is 18.1 Å². The standard InChI is InChI=1S/C21H20ClN5O4/c1-12-18(21(26(3)24-12)31-17-10-8-16(22)9-11-17)20(29)27(23)13(2)14-4-6-15(7-5-14)19(28)25-30/h4-11,13H,23H2,1-3H3/t13-/m0/s1. The summed E-state index contributed by atoms with van der Waals surface area (Å²) >= 11 is 5.91. The summed E-state index contributed by atoms with van der Waals surface area (Å²) in [7, 11) is 1.66. The molecule has 9 nitrogen and oxygen atoms in total. The Morgan fingerprint density at radius 3 is 2.35 bits per heavy atom. The summed E-state index contributed by atoms with van der Waals surface area (Å²) in [5.41, 5.74) is 1.50. The van der Waals surface area contributed by atoms with E-state index in [1.165, 1.54) is 16.8 Å². The highest BCUT2D eigenvalue weighted by Crippen LogP contribution is 2.30. The van der Waals surface area contributed by atoms with Gasteiger partial charge in [-0.15, -0.1) is 4.91 Å². The van der Waals surface area contributed by atoms with Crippen molar-refractivity contribution in [3.63, 3.8) is 0 Å². The molecule has 0 saturated heterocycles. The first-order valence-corrected chi connectivity index (χ1v) is 9.63. The SMILES string of the molecule is Cc1nn(C)c(Oc2ccc(Cl)cc2)c1C(=O)N(N)[C@@H](C)c1ccc(C(=O)N=O)cc1. The molecule has 0 bridgehead atoms. The second-order valence-electron chi connectivity index (χ2n) is 6.85. The Kier molecular flexibility index (Phi) is 6.47. The van der Waals surface area contributed by atoms with Gasteiger partial charge in [-0.2, -0.15) is 5.10 Å². The highest BCUT2D eigenvalue weighted by atomic mass is 35.5. The number of carbonyl (C=O) groups is 2. The van der Waals surface area contributed by atoms with Crippen molar-refractivity contribution >= 4 is 23.4 Å². The third kappa shape index (κ3) is 4.62. The third-order valence-electron chi connectivity index (χ3n) is 4.79. The molecule has 0 unspecified atom stereocenters. The number of nitrogens with zero attached hydrogens (tertiary/aromatic N) is 4. The van der Waals surface area contributed by atoms with Crippen LogP contribution in [0.1, 0.15) is 44.9 Å². The fraction of sp³-hybridized carbons (Fsp3) is 0.190. The molecule has 1 aromatic heterocycles. The summed E-state index contributed by atoms with van der Waals surface area (Å²) in [4.78, 5) is 35.0. The van der Waals surface area contributed by atoms with E-state index in [1.54, 1.807) is 57.3 Å². The number of nitrogens with two attached hydrogens (primary N) is 1. The highest BCUT2D eigenvalue weighted by Gasteiger charge is 2.28. The van der Waals surface area contributed by atoms with Crippen LogP contribution < -0.4 is 10.6 Å². The van der Waals surface area contributed by atoms with Gasteiger partial charge in [0, 0.05) is 22.8 Å². The van der Waals surface area contributed by atoms with Crippen molar-refractivity contribution in [2.75, 3.05) is 0 Å². The van der Waals surface area contributed by atoms with Gasteiger partial charge < -0.3 is 4.74 Å². The fourth-order valence-corrected chi connectivity index (χ4v) is 3.16. The minimum Gasteiger partial charge on any atom is -0.438 e. The molecule has 0 aliphatic heterocycles. The Labute approximate surface area is 183 Å². The predicted molar refractivity (Wildman–Crippen MR) is 115 cm³/mol. The van der Waals surface area contributed by atoms with Crippen molar-refractivity contribution < 1.29 is 14.3 Å². The molecule has 1 atom stereocenters. The summed E-state index contributed by atoms with van der Waals surface area (Å²) in [5, 5.41) is 8.30. The number of hydrogen-bond donors (Lipinski definition) is 1. The molecular weight excluding hydrogens is 422 g/mol. The molecule has 0 aliphatic rings. The van der Waals surface area contributed by atoms with E-state index >= 15 is 0 Å². The van der Waals surface area contributed by atoms with Crippen LogP contribution in [0.25, 0.3) is 0 Å². The van der Waals surface area contributed by atoms with E-state index in [0.717, 1.165) is 5.01 Å². The number of benzene rings is 2. The van der Waals surface area contributed by atoms with Crippen LogP contribution in [-0.2, 0) is 7.05 Å². The van der Waals surface area contributed by atoms with Gasteiger partial charge in [-0.05, 0) is 55.8 Å². The lowest BCUT2D eigenvalue weighted by Crippen LogP contribution is -2.39. The van der Waals surface area contributed by atoms with Crippen LogP contribution in [-0.4, -0.2) is 26.6 Å². The Morgan fingerprint density at radius 2 is 1.77 bits per heavy atom. The number of halogens is 1. The lowest BCUT2D eigenvalue weighted by atomic mass is 10.0. The second-order valence-corrected chi connectivity index (χ2v) is 7.29. The summed E-state index contributed by atoms with van der Waals surface area (Å²) in [6.45, 7) is 3.42. The molecule has 160 valence electrons. The zero-order valence-corrected chi connectivity index (χ0v) is 17.8. The first-order valence-electron chi connectivity index (χ1n) is 9.25. The average Bonchev–Trinajstić information content (AvgIpc) is 3.05. The molecular formula is C21H20ClN5O4. The molecule has 2 aromatic carbocycles. The van der Waals surface area contributed by atoms with Crippen LogP contribution in [0.2, 0.25) is 5.02 Å². The molecule has 10 heteroatoms. The molecule has 0 saturated carbocycles. The minimum absolute atomic E-state index is 0.155. The van der Waals surface area contributed by atoms with E-state index in [9.17, 15) is 14.5 Å². The predicted octanol–water partition coefficient (Wildman–Crippen LogP) is 4.16. The molecule has 2 N–H and O–H groups in total. The van der Waals surface area contributed by atoms with Gasteiger partial charge in [-0.1, -0.05) is 23.7 Å². The van der Waals surface area contributed by atoms with Crippen molar-refractivity contribution in [3.05, 3.63) is 80.8 Å². The molecule has 3 aromatic rings. The van der Waals surface area contributed by atoms with E-state index < -0.39 is 17.9 Å². The van der Waals surface area contributed by atoms with E-state index in [-0.39, 0.29) is 17.0 Å². The zero-order chi connectivity index (χ0) is 22.7. The number of carbonyl (C=O) groups excluding carboxylic acids is 2. The zero-order valence-electron chi connectivity index (χ0n) is 17.1. The minimum atomic E-state index is -0.866. The lowest BCUT2D eigenvalue weighted by Gasteiger charge is -2.25. The molecule has 31 heavy (non-hydrogen) atoms. The van der Waals surface area contributed by atoms with Gasteiger partial charge in [0.2, 0.25) is 5.88 Å². The van der Waals surface area contributed by atoms with E-state index in [2.05, 4.69) is 10.3 Å². The Bertz CT molecular complexity index is 1130. The van der Waals surface area contributed by atoms with Crippen LogP contribution in [0.4, 0.5) is 0 Å². The van der Waals surface area contributed by atoms with E-state index in [1.807, 2.05) is 0 Å². The molecule has 0 fully saturated rings. The number of aromatic nitrogens is 2. The van der Waals surface area contributed by atoms with Crippen LogP contribution in [0.15, 0.2) is 53.7 Å². The van der Waals surface area contributed by atoms with Crippen molar-refractivity contribution in [2.45, 2.75) is 19.9 Å². The van der Waals surface area contributed by atoms with Gasteiger partial charge in [0.25, 0.3) is 5.91 Å². The Morgan fingerprint density at radius 1 is 1.16 bits per heavy atom. The second kappa shape index (κ2) is 9.07. The van der Waals surface area contributed by atoms with Gasteiger partial charge in [0.15, 0.2) is 0 Å². The number of aryl methyl sites for hydroxylation is 2. The molecule has 0 radical (unpaired) electrons. The summed E-state index contributed by atoms with van der Waals surface area (Å²) < 4.78 is 7.35. The summed E-state index contributed by atoms with van der Waals surface area (Å²) in [6.07, 6.45) is 0. The molecule has 3 rings (SSSR count). The van der Waals surface area contributed by atoms with Crippen LogP contribution >= 0.6 is 11.6 Å². The number of nitroso groups, excluding NO2 is 1. The molecule has 1 heterocycles. The maximum Gasteiger partial charge on any atom is 0.316 e. The van der Waals surface area contributed by atoms with Crippen molar-refractivity contribution in [3.8, 4) is 11.6 Å². The largest absolute Gasteiger partial charge is 0.438 e. The highest BCUT2D eigenvalue weighted by molar-refractivity contribution is 6.30. The van der Waals surface area contributed by atoms with Crippen LogP contribution in [0.3, 0.4) is 0 Å². The summed E-state index contributed by atoms with van der Waals surface area (Å²) in [5.74, 6) is 5.52. The third-order valence-corrected chi connectivity index (χ3v) is 5.04. The molecule has 0 aliphatic carbocycles. The van der Waals surface area contributed by atoms with Gasteiger partial charge in [-0.25, -0.2) is 10.5 Å². The Hall–Kier alpha value is -3.56. The topological polar surface area (TPSA) is 120 Å². The smallest absolute Gasteiger partial charge is 0.316 e. The number of rotatable bonds is 6. The fourth-order valence-electron chi connectivity index (χ4n) is 3.04. The number of hydrogen-bond acceptors (Lipinski definition) is 6. The number of amides is 2. The first kappa shape index (κ1) is 22.1. The van der Waals surface area contributed by atoms with Gasteiger partial charge in [0.1, 0.15) is 11.3 Å². The summed E-state index contributed by atoms with van der Waals surface area (Å²) in [6, 6.07) is 12.3. The van der Waals surface area contributed by atoms with Gasteiger partial charge >= 0.3 is 5.91 Å². The number of hydrazine groups is 1. The monoisotopic (exact) mass is 441 g/mol. The van der Waals surface area contributed by atoms with Crippen molar-refractivity contribution in [1.29, 1.82) is 0 Å². The Balaban J connectivity index is 1.87. The maximum absolute atomic E-state index is 13.2. The van der Waals surface area contributed by atoms with Crippen LogP contribution in [0, 0.1) is 11.8 Å². The van der Waals surface area contributed by atoms with Crippen molar-refractivity contribution in [1.82, 2.24) is 14.8 Å². The van der Waals surface area contributed by atoms with Gasteiger partial charge in [-0.3, -0.25) is 14.6 Å². The normalized spacial score (nSPS) is 11.6. The van der Waals surface area contributed by atoms with E-state index in [0.29, 0.717) is 22.0 Å². The first-order chi connectivity index (χ1) is 14.7. The molecule has 2 amide bonds. The number of ether oxygens (including phenoxy) is 1. The maximum atomic E-state index is 13.2. The average molecular weight is 442 g/mol. The lowest BCUT2D eigenvalue weighted by molar-refractivity contribution is 0.0686. The van der Waals surface area contributed by atoms with Gasteiger partial charge in [0.05, 0.1) is 11.7 Å². The van der Waals surface area contributed by atoms with Crippen LogP contribution in [0.5, 0.6) is 11.6 Å². The quantitative estimate of drug-likeness (QED) is 0.265. The molecule has 0 spiro atoms. The van der Waals surface area contributed by atoms with E-state index in [4.69, 9.17) is 22.2 Å².